The Bertz CT molecular complexity index is 181. The van der Waals surface area contributed by atoms with Crippen LogP contribution in [-0.4, -0.2) is 24.8 Å². The fraction of sp³-hybridized carbons (Fsp3) is 0.143. The molecule has 0 saturated heterocycles. The van der Waals surface area contributed by atoms with Crippen LogP contribution in [0.15, 0.2) is 24.3 Å². The van der Waals surface area contributed by atoms with Crippen LogP contribution in [-0.2, 0) is 0 Å². The van der Waals surface area contributed by atoms with Crippen LogP contribution in [0, 0.1) is 0 Å². The molecule has 2 heteroatoms. The third-order valence-electron chi connectivity index (χ3n) is 1.26. The fourth-order valence-electron chi connectivity index (χ4n) is 0.674. The molecule has 0 aliphatic heterocycles. The number of hydrogen-bond donors (Lipinski definition) is 0. The van der Waals surface area contributed by atoms with Crippen LogP contribution < -0.4 is 8.97 Å². The van der Waals surface area contributed by atoms with Crippen LogP contribution in [0.25, 0.3) is 0 Å². The first-order chi connectivity index (χ1) is 4.33. The van der Waals surface area contributed by atoms with E-state index in [0.29, 0.717) is 0 Å². The molecular weight excluding hydrogens is 107 g/mol. The molecule has 0 unspecified atom stereocenters. The first-order valence-electron chi connectivity index (χ1n) is 2.93. The second kappa shape index (κ2) is 2.96. The van der Waals surface area contributed by atoms with Gasteiger partial charge in [-0.15, -0.1) is 0 Å². The maximum atomic E-state index is 4.97. The second-order valence-electron chi connectivity index (χ2n) is 2.02. The van der Waals surface area contributed by atoms with Gasteiger partial charge in [-0.05, 0) is 0 Å². The summed E-state index contributed by atoms with van der Waals surface area (Å²) in [7, 11) is 1.67. The zero-order valence-electron chi connectivity index (χ0n) is 5.72. The van der Waals surface area contributed by atoms with E-state index >= 15 is 0 Å². The topological polar surface area (TPSA) is 9.23 Å². The Morgan fingerprint density at radius 2 is 1.78 bits per heavy atom. The third kappa shape index (κ3) is 1.78. The van der Waals surface area contributed by atoms with Crippen LogP contribution in [0.4, 0.5) is 0 Å². The predicted octanol–water partition coefficient (Wildman–Crippen LogP) is 0.489. The van der Waals surface area contributed by atoms with E-state index in [1.807, 2.05) is 24.3 Å². The van der Waals surface area contributed by atoms with E-state index < -0.39 is 0 Å². The maximum absolute atomic E-state index is 4.97. The molecule has 0 aromatic heterocycles. The minimum atomic E-state index is 0.917. The zero-order valence-corrected chi connectivity index (χ0v) is 5.72. The van der Waals surface area contributed by atoms with E-state index in [9.17, 15) is 0 Å². The van der Waals surface area contributed by atoms with Gasteiger partial charge in [-0.1, -0.05) is 0 Å². The van der Waals surface area contributed by atoms with Gasteiger partial charge in [0.2, 0.25) is 0 Å². The van der Waals surface area contributed by atoms with Gasteiger partial charge in [0.25, 0.3) is 0 Å². The number of benzene rings is 1. The van der Waals surface area contributed by atoms with Gasteiger partial charge in [-0.3, -0.25) is 0 Å². The van der Waals surface area contributed by atoms with Crippen molar-refractivity contribution in [1.82, 2.24) is 0 Å². The molecule has 0 fully saturated rings. The third-order valence-corrected chi connectivity index (χ3v) is 1.26. The Balaban J connectivity index is 2.88. The zero-order chi connectivity index (χ0) is 6.69. The van der Waals surface area contributed by atoms with Gasteiger partial charge in [0.05, 0.1) is 0 Å². The summed E-state index contributed by atoms with van der Waals surface area (Å²) in [6.45, 7) is 0. The van der Waals surface area contributed by atoms with Gasteiger partial charge in [0.15, 0.2) is 0 Å². The molecule has 0 heterocycles. The number of methoxy groups -OCH3 is 1. The van der Waals surface area contributed by atoms with E-state index in [-0.39, 0.29) is 0 Å². The molecule has 1 rings (SSSR count). The SMILES string of the molecule is [Li][c]1ccc(OC)cc1. The summed E-state index contributed by atoms with van der Waals surface area (Å²) >= 11 is 2.06. The van der Waals surface area contributed by atoms with Crippen LogP contribution in [0.1, 0.15) is 0 Å². The normalized spacial score (nSPS) is 9.22. The van der Waals surface area contributed by atoms with Crippen LogP contribution >= 0.6 is 0 Å². The Labute approximate surface area is 64.2 Å². The summed E-state index contributed by atoms with van der Waals surface area (Å²) in [5.41, 5.74) is 0. The van der Waals surface area contributed by atoms with Gasteiger partial charge in [0.1, 0.15) is 0 Å². The van der Waals surface area contributed by atoms with Crippen molar-refractivity contribution in [1.29, 1.82) is 0 Å². The van der Waals surface area contributed by atoms with Gasteiger partial charge in [0, 0.05) is 0 Å². The summed E-state index contributed by atoms with van der Waals surface area (Å²) in [6, 6.07) is 7.96. The summed E-state index contributed by atoms with van der Waals surface area (Å²) < 4.78 is 6.23. The predicted molar refractivity (Wildman–Crippen MR) is 38.4 cm³/mol. The molecular formula is C7H7LiO. The Hall–Kier alpha value is -0.383. The van der Waals surface area contributed by atoms with Gasteiger partial charge >= 0.3 is 63.8 Å². The number of rotatable bonds is 1. The van der Waals surface area contributed by atoms with E-state index in [0.717, 1.165) is 5.75 Å². The molecule has 42 valence electrons. The quantitative estimate of drug-likeness (QED) is 0.483. The Morgan fingerprint density at radius 3 is 2.22 bits per heavy atom. The molecule has 1 aromatic rings. The van der Waals surface area contributed by atoms with Crippen LogP contribution in [0.3, 0.4) is 0 Å². The average molecular weight is 114 g/mol. The molecule has 1 aromatic carbocycles. The first-order valence-corrected chi connectivity index (χ1v) is 2.93. The molecule has 0 spiro atoms. The van der Waals surface area contributed by atoms with Gasteiger partial charge in [-0.2, -0.15) is 0 Å². The first kappa shape index (κ1) is 6.73. The molecule has 0 aliphatic rings. The Morgan fingerprint density at radius 1 is 1.22 bits per heavy atom. The van der Waals surface area contributed by atoms with Crippen molar-refractivity contribution in [2.75, 3.05) is 7.11 Å². The van der Waals surface area contributed by atoms with Crippen molar-refractivity contribution in [3.63, 3.8) is 0 Å². The Kier molecular flexibility index (Phi) is 2.21. The minimum absolute atomic E-state index is 0.917. The van der Waals surface area contributed by atoms with Crippen molar-refractivity contribution < 1.29 is 4.74 Å². The van der Waals surface area contributed by atoms with E-state index in [4.69, 9.17) is 4.74 Å². The molecule has 0 saturated carbocycles. The van der Waals surface area contributed by atoms with E-state index in [1.165, 1.54) is 4.24 Å². The van der Waals surface area contributed by atoms with Crippen LogP contribution in [0.5, 0.6) is 5.75 Å². The molecule has 0 bridgehead atoms. The molecule has 0 atom stereocenters. The molecule has 1 nitrogen and oxygen atoms in total. The number of hydrogen-bond acceptors (Lipinski definition) is 1. The van der Waals surface area contributed by atoms with Crippen molar-refractivity contribution >= 4 is 22.0 Å². The van der Waals surface area contributed by atoms with Gasteiger partial charge < -0.3 is 0 Å². The average Bonchev–Trinajstić information content (AvgIpc) is 1.90. The summed E-state index contributed by atoms with van der Waals surface area (Å²) in [6.07, 6.45) is 0. The molecule has 0 aliphatic carbocycles. The number of ether oxygens (including phenoxy) is 1. The summed E-state index contributed by atoms with van der Waals surface area (Å²) in [5, 5.41) is 0. The van der Waals surface area contributed by atoms with Crippen molar-refractivity contribution in [3.05, 3.63) is 24.3 Å². The summed E-state index contributed by atoms with van der Waals surface area (Å²) in [5.74, 6) is 0.917. The molecule has 0 amide bonds. The van der Waals surface area contributed by atoms with E-state index in [2.05, 4.69) is 17.7 Å². The molecule has 9 heavy (non-hydrogen) atoms. The summed E-state index contributed by atoms with van der Waals surface area (Å²) in [4.78, 5) is 0. The molecule has 0 radical (unpaired) electrons. The molecule has 0 N–H and O–H groups in total. The van der Waals surface area contributed by atoms with Crippen LogP contribution in [0.2, 0.25) is 0 Å². The van der Waals surface area contributed by atoms with Crippen molar-refractivity contribution in [2.24, 2.45) is 0 Å². The van der Waals surface area contributed by atoms with E-state index in [1.54, 1.807) is 7.11 Å². The second-order valence-corrected chi connectivity index (χ2v) is 2.02. The van der Waals surface area contributed by atoms with Gasteiger partial charge in [-0.25, -0.2) is 0 Å². The monoisotopic (exact) mass is 114 g/mol. The van der Waals surface area contributed by atoms with Crippen molar-refractivity contribution in [2.45, 2.75) is 0 Å². The fourth-order valence-corrected chi connectivity index (χ4v) is 0.674. The van der Waals surface area contributed by atoms with Crippen molar-refractivity contribution in [3.8, 4) is 5.75 Å². The standard InChI is InChI=1S/C7H7O.Li/c1-8-7-5-3-2-4-6-7;/h3-6H,1H3;.